The first-order valence-electron chi connectivity index (χ1n) is 6.94. The Balaban J connectivity index is 1.75. The number of carbonyl (C=O) groups is 1. The van der Waals surface area contributed by atoms with Gasteiger partial charge in [0.1, 0.15) is 0 Å². The highest BCUT2D eigenvalue weighted by atomic mass is 16.5. The van der Waals surface area contributed by atoms with Crippen LogP contribution in [0.4, 0.5) is 4.79 Å². The van der Waals surface area contributed by atoms with Crippen molar-refractivity contribution in [1.82, 2.24) is 10.2 Å². The largest absolute Gasteiger partial charge is 0.393 e. The summed E-state index contributed by atoms with van der Waals surface area (Å²) in [6.07, 6.45) is 4.80. The average Bonchev–Trinajstić information content (AvgIpc) is 2.84. The number of nitrogens with zero attached hydrogens (tertiary/aromatic N) is 1. The van der Waals surface area contributed by atoms with Crippen LogP contribution in [0.5, 0.6) is 0 Å². The number of amides is 2. The molecule has 2 rings (SSSR count). The second-order valence-electron chi connectivity index (χ2n) is 5.50. The third-order valence-electron chi connectivity index (χ3n) is 3.98. The van der Waals surface area contributed by atoms with Crippen LogP contribution in [0.3, 0.4) is 0 Å². The minimum atomic E-state index is -0.246. The van der Waals surface area contributed by atoms with Crippen molar-refractivity contribution in [2.75, 3.05) is 26.8 Å². The smallest absolute Gasteiger partial charge is 0.317 e. The van der Waals surface area contributed by atoms with E-state index in [0.29, 0.717) is 13.2 Å². The average molecular weight is 256 g/mol. The van der Waals surface area contributed by atoms with Gasteiger partial charge in [-0.2, -0.15) is 0 Å². The van der Waals surface area contributed by atoms with Crippen LogP contribution in [0.25, 0.3) is 0 Å². The lowest BCUT2D eigenvalue weighted by molar-refractivity contribution is 0.0562. The molecule has 0 aromatic carbocycles. The summed E-state index contributed by atoms with van der Waals surface area (Å²) in [6, 6.07) is 0.0968. The number of ether oxygens (including phenoxy) is 1. The molecule has 5 nitrogen and oxygen atoms in total. The molecule has 5 heteroatoms. The molecule has 18 heavy (non-hydrogen) atoms. The van der Waals surface area contributed by atoms with E-state index in [1.807, 2.05) is 0 Å². The molecular formula is C13H24N2O3. The summed E-state index contributed by atoms with van der Waals surface area (Å²) in [5, 5.41) is 12.9. The number of carbonyl (C=O) groups excluding carboxylic acids is 1. The summed E-state index contributed by atoms with van der Waals surface area (Å²) in [5.74, 6) is 0.231. The van der Waals surface area contributed by atoms with E-state index in [1.54, 1.807) is 11.9 Å². The van der Waals surface area contributed by atoms with Crippen LogP contribution >= 0.6 is 0 Å². The van der Waals surface area contributed by atoms with Gasteiger partial charge < -0.3 is 20.1 Å². The van der Waals surface area contributed by atoms with E-state index < -0.39 is 0 Å². The molecule has 2 aliphatic rings. The van der Waals surface area contributed by atoms with E-state index in [9.17, 15) is 9.90 Å². The maximum absolute atomic E-state index is 12.0. The fourth-order valence-electron chi connectivity index (χ4n) is 2.77. The maximum Gasteiger partial charge on any atom is 0.317 e. The lowest BCUT2D eigenvalue weighted by atomic mass is 9.86. The first-order valence-corrected chi connectivity index (χ1v) is 6.94. The first kappa shape index (κ1) is 13.6. The highest BCUT2D eigenvalue weighted by molar-refractivity contribution is 5.74. The van der Waals surface area contributed by atoms with Crippen LogP contribution in [0.2, 0.25) is 0 Å². The molecule has 3 atom stereocenters. The van der Waals surface area contributed by atoms with Gasteiger partial charge in [-0.05, 0) is 19.3 Å². The Bertz CT molecular complexity index is 279. The quantitative estimate of drug-likeness (QED) is 0.791. The highest BCUT2D eigenvalue weighted by Crippen LogP contribution is 2.24. The molecule has 2 N–H and O–H groups in total. The summed E-state index contributed by atoms with van der Waals surface area (Å²) >= 11 is 0. The van der Waals surface area contributed by atoms with Crippen molar-refractivity contribution in [3.8, 4) is 0 Å². The molecule has 1 heterocycles. The second-order valence-corrected chi connectivity index (χ2v) is 5.50. The van der Waals surface area contributed by atoms with Crippen molar-refractivity contribution in [2.45, 2.75) is 44.2 Å². The molecule has 0 unspecified atom stereocenters. The van der Waals surface area contributed by atoms with Gasteiger partial charge >= 0.3 is 6.03 Å². The molecule has 2 fully saturated rings. The molecule has 1 aliphatic heterocycles. The van der Waals surface area contributed by atoms with Gasteiger partial charge in [-0.1, -0.05) is 12.8 Å². The highest BCUT2D eigenvalue weighted by Gasteiger charge is 2.26. The molecule has 2 amide bonds. The topological polar surface area (TPSA) is 61.8 Å². The van der Waals surface area contributed by atoms with E-state index in [2.05, 4.69) is 5.32 Å². The van der Waals surface area contributed by atoms with Gasteiger partial charge in [0.05, 0.1) is 18.8 Å². The van der Waals surface area contributed by atoms with E-state index in [4.69, 9.17) is 4.74 Å². The van der Waals surface area contributed by atoms with Gasteiger partial charge in [-0.25, -0.2) is 4.79 Å². The molecule has 0 spiro atoms. The Morgan fingerprint density at radius 2 is 2.17 bits per heavy atom. The summed E-state index contributed by atoms with van der Waals surface area (Å²) < 4.78 is 5.23. The zero-order valence-electron chi connectivity index (χ0n) is 11.1. The van der Waals surface area contributed by atoms with Gasteiger partial charge in [0.15, 0.2) is 0 Å². The lowest BCUT2D eigenvalue weighted by Gasteiger charge is -2.31. The predicted octanol–water partition coefficient (Wildman–Crippen LogP) is 0.968. The van der Waals surface area contributed by atoms with Crippen molar-refractivity contribution >= 4 is 6.03 Å². The van der Waals surface area contributed by atoms with Crippen molar-refractivity contribution in [2.24, 2.45) is 5.92 Å². The summed E-state index contributed by atoms with van der Waals surface area (Å²) in [5.41, 5.74) is 0. The van der Waals surface area contributed by atoms with Crippen LogP contribution in [0.1, 0.15) is 32.1 Å². The predicted molar refractivity (Wildman–Crippen MR) is 68.4 cm³/mol. The maximum atomic E-state index is 12.0. The SMILES string of the molecule is CN(C[C@@H]1CCCC[C@@H]1O)C(=O)N[C@H]1CCOC1. The van der Waals surface area contributed by atoms with Crippen LogP contribution < -0.4 is 5.32 Å². The number of hydrogen-bond donors (Lipinski definition) is 2. The molecule has 1 saturated carbocycles. The van der Waals surface area contributed by atoms with Crippen LogP contribution in [-0.2, 0) is 4.74 Å². The van der Waals surface area contributed by atoms with E-state index in [0.717, 1.165) is 38.7 Å². The van der Waals surface area contributed by atoms with E-state index in [-0.39, 0.29) is 24.1 Å². The number of hydrogen-bond acceptors (Lipinski definition) is 3. The first-order chi connectivity index (χ1) is 8.66. The van der Waals surface area contributed by atoms with Crippen LogP contribution in [0, 0.1) is 5.92 Å². The number of urea groups is 1. The van der Waals surface area contributed by atoms with E-state index in [1.165, 1.54) is 0 Å². The van der Waals surface area contributed by atoms with Gasteiger partial charge in [0.2, 0.25) is 0 Å². The molecule has 1 aliphatic carbocycles. The fraction of sp³-hybridized carbons (Fsp3) is 0.923. The van der Waals surface area contributed by atoms with Crippen molar-refractivity contribution < 1.29 is 14.6 Å². The Kier molecular flexibility index (Phi) is 4.83. The summed E-state index contributed by atoms with van der Waals surface area (Å²) in [6.45, 7) is 1.99. The van der Waals surface area contributed by atoms with Gasteiger partial charge in [-0.3, -0.25) is 0 Å². The van der Waals surface area contributed by atoms with Crippen LogP contribution in [-0.4, -0.2) is 55.0 Å². The Morgan fingerprint density at radius 1 is 1.39 bits per heavy atom. The van der Waals surface area contributed by atoms with Crippen molar-refractivity contribution in [3.63, 3.8) is 0 Å². The number of aliphatic hydroxyl groups excluding tert-OH is 1. The molecule has 104 valence electrons. The summed E-state index contributed by atoms with van der Waals surface area (Å²) in [7, 11) is 1.80. The number of rotatable bonds is 3. The van der Waals surface area contributed by atoms with Gasteiger partial charge in [0, 0.05) is 26.1 Å². The molecule has 0 bridgehead atoms. The molecule has 1 saturated heterocycles. The van der Waals surface area contributed by atoms with Crippen molar-refractivity contribution in [3.05, 3.63) is 0 Å². The van der Waals surface area contributed by atoms with Gasteiger partial charge in [0.25, 0.3) is 0 Å². The van der Waals surface area contributed by atoms with Gasteiger partial charge in [-0.15, -0.1) is 0 Å². The fourth-order valence-corrected chi connectivity index (χ4v) is 2.77. The molecule has 0 radical (unpaired) electrons. The Labute approximate surface area is 108 Å². The number of nitrogens with one attached hydrogen (secondary N) is 1. The minimum Gasteiger partial charge on any atom is -0.393 e. The third-order valence-corrected chi connectivity index (χ3v) is 3.98. The van der Waals surface area contributed by atoms with Crippen molar-refractivity contribution in [1.29, 1.82) is 0 Å². The zero-order chi connectivity index (χ0) is 13.0. The number of aliphatic hydroxyl groups is 1. The Morgan fingerprint density at radius 3 is 2.83 bits per heavy atom. The third kappa shape index (κ3) is 3.59. The van der Waals surface area contributed by atoms with Crippen LogP contribution in [0.15, 0.2) is 0 Å². The minimum absolute atomic E-state index is 0.0525. The molecular weight excluding hydrogens is 232 g/mol. The zero-order valence-corrected chi connectivity index (χ0v) is 11.1. The normalized spacial score (nSPS) is 32.2. The summed E-state index contributed by atoms with van der Waals surface area (Å²) in [4.78, 5) is 13.6. The monoisotopic (exact) mass is 256 g/mol. The molecule has 0 aromatic rings. The Hall–Kier alpha value is -0.810. The lowest BCUT2D eigenvalue weighted by Crippen LogP contribution is -2.46. The standard InChI is InChI=1S/C13H24N2O3/c1-15(8-10-4-2-3-5-12(10)16)13(17)14-11-6-7-18-9-11/h10-12,16H,2-9H2,1H3,(H,14,17)/t10-,11-,12-/m0/s1. The second kappa shape index (κ2) is 6.38. The molecule has 0 aromatic heterocycles. The van der Waals surface area contributed by atoms with E-state index >= 15 is 0 Å².